The number of aromatic nitrogens is 22. The number of nitrogens with zero attached hydrogens (tertiary/aromatic N) is 17. The number of aromatic amines is 5. The van der Waals surface area contributed by atoms with Gasteiger partial charge in [0.15, 0.2) is 56.1 Å². The van der Waals surface area contributed by atoms with E-state index in [1.807, 2.05) is 81.4 Å². The third-order valence-corrected chi connectivity index (χ3v) is 34.6. The van der Waals surface area contributed by atoms with Crippen molar-refractivity contribution in [1.29, 1.82) is 0 Å². The van der Waals surface area contributed by atoms with Crippen LogP contribution in [0.25, 0.3) is 55.8 Å². The van der Waals surface area contributed by atoms with Crippen molar-refractivity contribution in [3.8, 4) is 0 Å². The van der Waals surface area contributed by atoms with E-state index in [1.54, 1.807) is 0 Å². The minimum absolute atomic E-state index is 0.00228. The zero-order chi connectivity index (χ0) is 101. The van der Waals surface area contributed by atoms with E-state index in [9.17, 15) is 81.2 Å². The number of rotatable bonds is 36. The average Bonchev–Trinajstić information content (AvgIpc) is 1.65. The van der Waals surface area contributed by atoms with Gasteiger partial charge in [0.05, 0.1) is 77.4 Å². The first-order chi connectivity index (χ1) is 67.9. The monoisotopic (exact) mass is 2110 g/mol. The smallest absolute Gasteiger partial charge is 0.405 e. The number of phosphoric acid groups is 5. The molecule has 0 bridgehead atoms. The number of nitrogen functional groups attached to an aromatic ring is 5. The number of hydrogen-bond acceptors (Lipinski definition) is 45. The number of nitrogens with one attached hydrogen (secondary N) is 5. The number of aliphatic hydroxyl groups is 1. The van der Waals surface area contributed by atoms with Crippen molar-refractivity contribution in [1.82, 2.24) is 107 Å². The molecule has 0 aliphatic carbocycles. The Bertz CT molecular complexity index is 7620. The predicted octanol–water partition coefficient (Wildman–Crippen LogP) is 0.302. The number of fused-ring (bicyclic) bond motifs is 5. The summed E-state index contributed by atoms with van der Waals surface area (Å²) >= 11 is 0. The predicted molar refractivity (Wildman–Crippen MR) is 490 cm³/mol. The summed E-state index contributed by atoms with van der Waals surface area (Å²) in [5, 5.41) is 12.2. The summed E-state index contributed by atoms with van der Waals surface area (Å²) in [7, 11) is -31.2. The Labute approximate surface area is 800 Å². The van der Waals surface area contributed by atoms with Gasteiger partial charge in [-0.25, -0.2) is 62.5 Å². The second-order valence-electron chi connectivity index (χ2n) is 34.9. The highest BCUT2D eigenvalue weighted by molar-refractivity contribution is 7.48. The summed E-state index contributed by atoms with van der Waals surface area (Å²) in [5.41, 5.74) is 24.0. The molecule has 17 heterocycles. The fourth-order valence-electron chi connectivity index (χ4n) is 18.0. The second-order valence-corrected chi connectivity index (χ2v) is 46.3. The Hall–Kier alpha value is -11.5. The maximum absolute atomic E-state index is 14.8. The van der Waals surface area contributed by atoms with Crippen LogP contribution in [-0.2, 0) is 101 Å². The number of aryl methyl sites for hydroxylation is 1. The third-order valence-electron chi connectivity index (χ3n) is 24.5. The van der Waals surface area contributed by atoms with Crippen LogP contribution in [0.15, 0.2) is 134 Å². The molecule has 0 radical (unpaired) electrons. The van der Waals surface area contributed by atoms with Gasteiger partial charge in [-0.1, -0.05) is 81.4 Å². The maximum Gasteiger partial charge on any atom is 0.472 e. The lowest BCUT2D eigenvalue weighted by Gasteiger charge is -2.43. The van der Waals surface area contributed by atoms with Gasteiger partial charge < -0.3 is 91.1 Å². The summed E-state index contributed by atoms with van der Waals surface area (Å²) in [6.45, 7) is 2.05. The Morgan fingerprint density at radius 3 is 0.993 bits per heavy atom. The van der Waals surface area contributed by atoms with E-state index in [4.69, 9.17) is 107 Å². The first-order valence-electron chi connectivity index (χ1n) is 43.7. The average molecular weight is 2110 g/mol. The number of H-pyrrole nitrogens is 5. The lowest BCUT2D eigenvalue weighted by molar-refractivity contribution is -0.0638. The summed E-state index contributed by atoms with van der Waals surface area (Å²) in [4.78, 5) is 194. The molecule has 0 amide bonds. The molecular formula is C76H92N27O34P5Si. The number of imidazole rings is 5. The van der Waals surface area contributed by atoms with Crippen molar-refractivity contribution in [2.24, 2.45) is 0 Å². The molecule has 143 heavy (non-hydrogen) atoms. The van der Waals surface area contributed by atoms with E-state index < -0.39 is 261 Å². The normalized spacial score (nSPS) is 27.1. The van der Waals surface area contributed by atoms with Crippen molar-refractivity contribution in [2.45, 2.75) is 182 Å². The van der Waals surface area contributed by atoms with Crippen LogP contribution >= 0.6 is 39.1 Å². The highest BCUT2D eigenvalue weighted by Gasteiger charge is 2.55. The topological polar surface area (TPSA) is 846 Å². The summed E-state index contributed by atoms with van der Waals surface area (Å²) in [6, 6.07) is 18.9. The first-order valence-corrected chi connectivity index (χ1v) is 53.1. The zero-order valence-corrected chi connectivity index (χ0v) is 80.5. The van der Waals surface area contributed by atoms with Crippen LogP contribution in [0.5, 0.6) is 0 Å². The molecule has 61 nitrogen and oxygen atoms in total. The number of nitrogens with two attached hydrogens (primary N) is 5. The molecule has 0 spiro atoms. The molecule has 6 aliphatic heterocycles. The van der Waals surface area contributed by atoms with Gasteiger partial charge in [-0.15, -0.1) is 0 Å². The Balaban J connectivity index is 0.559. The SMILES string of the molecule is Cc1cn([C@H]2C[C@H](OP(=O)(O)OC[C@H]3O[C@@H](n4cnc5c(=O)[nH]c(N)nc54)C[C@@H]3OP(=O)(O)OC[C@H]3O[C@@H](n4cnc5c(=O)[nH]c(N)nc54)C[C@@H]3OP(=O)(O)OC[C@H]3O[C@@H](n4cnc5c(=O)[nH]c(N)nc54)C[C@@H]3OP(=O)(O)OC[C@H]3O[C@@H](n4cnc5c(N)ncnc54)C[C@@H]3OP(=O)(O)OC[C@H]3O[C@@H](n4cnc5c(=O)[nH]c(N)nc54)C[C@@H]3O)[C@@H](CO[Si](c3ccccc3)(c3ccccc3)C(C)(C)C)O2)c(=O)[nH]c1=O. The molecule has 6 fully saturated rings. The minimum atomic E-state index is -5.71. The van der Waals surface area contributed by atoms with Gasteiger partial charge in [-0.3, -0.25) is 122 Å². The number of phosphoric ester groups is 5. The van der Waals surface area contributed by atoms with Crippen LogP contribution < -0.4 is 72.5 Å². The van der Waals surface area contributed by atoms with Gasteiger partial charge in [-0.05, 0) is 22.3 Å². The molecule has 21 N–H and O–H groups in total. The number of aliphatic hydroxyl groups excluding tert-OH is 1. The molecule has 0 saturated carbocycles. The van der Waals surface area contributed by atoms with Gasteiger partial charge in [-0.2, -0.15) is 19.9 Å². The van der Waals surface area contributed by atoms with Crippen molar-refractivity contribution >= 4 is 143 Å². The largest absolute Gasteiger partial charge is 0.472 e. The fourth-order valence-corrected chi connectivity index (χ4v) is 27.4. The van der Waals surface area contributed by atoms with E-state index in [2.05, 4.69) is 79.7 Å². The first kappa shape index (κ1) is 100. The van der Waals surface area contributed by atoms with Crippen LogP contribution in [0.1, 0.15) is 102 Å². The fraction of sp³-hybridized carbons (Fsp3) is 0.461. The standard InChI is InChI=1S/C76H92N27O34P5Si/c1-34-21-98(75(110)97-66(34)105)50-16-42(48(132-50)27-126-143(76(2,3)4,35-11-7-5-8-12-35)36-13-9-6-10-14-36)137-142(119,120)125-26-47-41(20-54(131-47)103-33-88-59-65(103)92-74(81)96-70(59)109)136-141(117,118)124-25-46-40(19-53(130-46)102-32-87-58-64(102)91-73(80)95-69(58)108)135-140(115,116)123-24-45-39(18-52(129-45)101-31-86-57-63(101)90-72(79)94-68(57)107)134-139(113,114)122-23-44-38(17-51(128-44)99-29-84-55-60(77)82-28-83-61(55)99)133-138(111,112)121-22-43-37(104)15-49(127-43)100-30-85-56-62(100)89-71(78)93-67(56)106/h5-14,21,28-33,37-54,104H,15-20,22-27H2,1-4H3,(H,111,112)(H,113,114)(H,115,116)(H,117,118)(H,119,120)(H2,77,82,83)(H,97,105,110)(H3,78,89,93,106)(H3,79,90,94,107)(H3,80,91,95,108)(H3,81,92,96,109)/t37-,38-,39-,40-,41-,42-,43+,44+,45+,46+,47+,48+,49+,50+,51+,52+,53+,54+/m0/s1. The number of ether oxygens (including phenoxy) is 6. The molecule has 11 aromatic heterocycles. The van der Waals surface area contributed by atoms with E-state index in [0.717, 1.165) is 44.8 Å². The summed E-state index contributed by atoms with van der Waals surface area (Å²) in [5.74, 6) is -1.46. The van der Waals surface area contributed by atoms with E-state index in [0.29, 0.717) is 0 Å². The molecule has 764 valence electrons. The van der Waals surface area contributed by atoms with Crippen LogP contribution in [0.4, 0.5) is 29.6 Å². The Kier molecular flexibility index (Phi) is 27.4. The van der Waals surface area contributed by atoms with Crippen molar-refractivity contribution < 1.29 is 130 Å². The molecule has 6 aliphatic rings. The van der Waals surface area contributed by atoms with Crippen LogP contribution in [0, 0.1) is 6.92 Å². The molecule has 2 aromatic carbocycles. The maximum atomic E-state index is 14.8. The molecule has 23 atom stereocenters. The quantitative estimate of drug-likeness (QED) is 0.0185. The van der Waals surface area contributed by atoms with E-state index >= 15 is 0 Å². The lowest BCUT2D eigenvalue weighted by Crippen LogP contribution is -2.67. The number of benzene rings is 2. The molecule has 6 saturated heterocycles. The zero-order valence-electron chi connectivity index (χ0n) is 75.0. The van der Waals surface area contributed by atoms with Gasteiger partial charge in [0, 0.05) is 50.3 Å². The summed E-state index contributed by atoms with van der Waals surface area (Å²) in [6.07, 6.45) is -21.5. The second kappa shape index (κ2) is 39.1. The highest BCUT2D eigenvalue weighted by Crippen LogP contribution is 2.57. The molecule has 67 heteroatoms. The van der Waals surface area contributed by atoms with Gasteiger partial charge in [0.25, 0.3) is 36.1 Å². The Morgan fingerprint density at radius 2 is 0.664 bits per heavy atom. The van der Waals surface area contributed by atoms with Gasteiger partial charge in [0.2, 0.25) is 23.8 Å². The van der Waals surface area contributed by atoms with Crippen LogP contribution in [0.3, 0.4) is 0 Å². The molecule has 19 rings (SSSR count). The van der Waals surface area contributed by atoms with E-state index in [1.165, 1.54) is 44.0 Å². The van der Waals surface area contributed by atoms with E-state index in [-0.39, 0.29) is 105 Å². The van der Waals surface area contributed by atoms with Crippen molar-refractivity contribution in [2.75, 3.05) is 68.3 Å². The molecule has 5 unspecified atom stereocenters. The van der Waals surface area contributed by atoms with Gasteiger partial charge in [0.1, 0.15) is 116 Å². The van der Waals surface area contributed by atoms with Gasteiger partial charge >= 0.3 is 44.8 Å². The molecule has 13 aromatic rings. The number of anilines is 5. The van der Waals surface area contributed by atoms with Crippen molar-refractivity contribution in [3.63, 3.8) is 0 Å². The number of hydrogen-bond donors (Lipinski definition) is 16. The van der Waals surface area contributed by atoms with Crippen LogP contribution in [-0.4, -0.2) is 258 Å². The summed E-state index contributed by atoms with van der Waals surface area (Å²) < 4.78 is 183. The van der Waals surface area contributed by atoms with Crippen molar-refractivity contribution in [3.05, 3.63) is 173 Å². The third kappa shape index (κ3) is 20.9. The minimum Gasteiger partial charge on any atom is -0.405 e. The lowest BCUT2D eigenvalue weighted by atomic mass is 10.2. The Morgan fingerprint density at radius 1 is 0.378 bits per heavy atom. The van der Waals surface area contributed by atoms with Crippen LogP contribution in [0.2, 0.25) is 5.04 Å². The molecular weight excluding hydrogens is 2020 g/mol. The highest BCUT2D eigenvalue weighted by atomic mass is 31.2.